The first-order chi connectivity index (χ1) is 14.0. The van der Waals surface area contributed by atoms with Crippen LogP contribution in [0.2, 0.25) is 5.02 Å². The monoisotopic (exact) mass is 407 g/mol. The van der Waals surface area contributed by atoms with E-state index in [0.717, 1.165) is 12.0 Å². The molecule has 0 saturated carbocycles. The number of aryl methyl sites for hydroxylation is 1. The zero-order valence-electron chi connectivity index (χ0n) is 16.8. The Kier molecular flexibility index (Phi) is 7.31. The fraction of sp³-hybridized carbons (Fsp3) is 0.240. The fourth-order valence-electron chi connectivity index (χ4n) is 3.37. The quantitative estimate of drug-likeness (QED) is 0.516. The molecule has 0 radical (unpaired) electrons. The number of ether oxygens (including phenoxy) is 1. The van der Waals surface area contributed by atoms with Crippen molar-refractivity contribution in [2.45, 2.75) is 32.3 Å². The van der Waals surface area contributed by atoms with Gasteiger partial charge in [0.2, 0.25) is 0 Å². The van der Waals surface area contributed by atoms with Gasteiger partial charge >= 0.3 is 0 Å². The Hall–Kier alpha value is -2.78. The molecular formula is C25H26ClNO2. The van der Waals surface area contributed by atoms with Crippen LogP contribution in [0.5, 0.6) is 5.75 Å². The van der Waals surface area contributed by atoms with Crippen LogP contribution in [0.3, 0.4) is 0 Å². The van der Waals surface area contributed by atoms with Crippen molar-refractivity contribution in [1.82, 2.24) is 5.32 Å². The minimum absolute atomic E-state index is 0.126. The van der Waals surface area contributed by atoms with Crippen molar-refractivity contribution in [2.75, 3.05) is 6.54 Å². The number of carbonyl (C=O) groups excluding carboxylic acids is 1. The summed E-state index contributed by atoms with van der Waals surface area (Å²) in [6, 6.07) is 26.2. The molecule has 3 rings (SSSR count). The Bertz CT molecular complexity index is 889. The van der Waals surface area contributed by atoms with Crippen LogP contribution in [0.1, 0.15) is 36.0 Å². The SMILES string of the molecule is Cc1cc(Cl)ccc1OC(C)C(=O)NCCC(c1ccccc1)c1ccccc1. The van der Waals surface area contributed by atoms with Crippen molar-refractivity contribution in [1.29, 1.82) is 0 Å². The van der Waals surface area contributed by atoms with Gasteiger partial charge in [-0.25, -0.2) is 0 Å². The van der Waals surface area contributed by atoms with Gasteiger partial charge in [-0.2, -0.15) is 0 Å². The van der Waals surface area contributed by atoms with Gasteiger partial charge in [-0.15, -0.1) is 0 Å². The second kappa shape index (κ2) is 10.1. The lowest BCUT2D eigenvalue weighted by Gasteiger charge is -2.20. The van der Waals surface area contributed by atoms with E-state index in [1.54, 1.807) is 19.1 Å². The highest BCUT2D eigenvalue weighted by atomic mass is 35.5. The van der Waals surface area contributed by atoms with E-state index < -0.39 is 6.10 Å². The predicted octanol–water partition coefficient (Wildman–Crippen LogP) is 5.75. The molecule has 0 spiro atoms. The van der Waals surface area contributed by atoms with Crippen LogP contribution in [0.4, 0.5) is 0 Å². The molecule has 150 valence electrons. The van der Waals surface area contributed by atoms with Crippen LogP contribution in [-0.4, -0.2) is 18.6 Å². The topological polar surface area (TPSA) is 38.3 Å². The van der Waals surface area contributed by atoms with Crippen LogP contribution in [0.25, 0.3) is 0 Å². The number of halogens is 1. The Morgan fingerprint density at radius 2 is 1.55 bits per heavy atom. The van der Waals surface area contributed by atoms with Crippen LogP contribution in [-0.2, 0) is 4.79 Å². The van der Waals surface area contributed by atoms with Crippen LogP contribution >= 0.6 is 11.6 Å². The summed E-state index contributed by atoms with van der Waals surface area (Å²) >= 11 is 5.98. The minimum atomic E-state index is -0.582. The van der Waals surface area contributed by atoms with Gasteiger partial charge in [0, 0.05) is 17.5 Å². The summed E-state index contributed by atoms with van der Waals surface area (Å²) < 4.78 is 5.82. The van der Waals surface area contributed by atoms with Crippen LogP contribution in [0, 0.1) is 6.92 Å². The Balaban J connectivity index is 1.59. The van der Waals surface area contributed by atoms with Gasteiger partial charge in [0.25, 0.3) is 5.91 Å². The zero-order valence-corrected chi connectivity index (χ0v) is 17.5. The van der Waals surface area contributed by atoms with E-state index in [9.17, 15) is 4.79 Å². The molecule has 0 aromatic heterocycles. The molecular weight excluding hydrogens is 382 g/mol. The number of amides is 1. The summed E-state index contributed by atoms with van der Waals surface area (Å²) in [5.41, 5.74) is 3.40. The lowest BCUT2D eigenvalue weighted by Crippen LogP contribution is -2.37. The average molecular weight is 408 g/mol. The third-order valence-corrected chi connectivity index (χ3v) is 5.18. The maximum absolute atomic E-state index is 12.5. The zero-order chi connectivity index (χ0) is 20.6. The average Bonchev–Trinajstić information content (AvgIpc) is 2.74. The maximum atomic E-state index is 12.5. The number of rotatable bonds is 8. The summed E-state index contributed by atoms with van der Waals surface area (Å²) in [5.74, 6) is 0.773. The number of benzene rings is 3. The molecule has 1 atom stereocenters. The van der Waals surface area contributed by atoms with Gasteiger partial charge in [0.05, 0.1) is 0 Å². The molecule has 3 nitrogen and oxygen atoms in total. The lowest BCUT2D eigenvalue weighted by molar-refractivity contribution is -0.127. The second-order valence-electron chi connectivity index (χ2n) is 7.12. The van der Waals surface area contributed by atoms with Gasteiger partial charge in [-0.1, -0.05) is 72.3 Å². The van der Waals surface area contributed by atoms with E-state index in [1.165, 1.54) is 11.1 Å². The largest absolute Gasteiger partial charge is 0.481 e. The second-order valence-corrected chi connectivity index (χ2v) is 7.56. The summed E-state index contributed by atoms with van der Waals surface area (Å²) in [6.07, 6.45) is 0.230. The molecule has 0 aliphatic heterocycles. The van der Waals surface area contributed by atoms with Crippen molar-refractivity contribution in [3.8, 4) is 5.75 Å². The highest BCUT2D eigenvalue weighted by Crippen LogP contribution is 2.27. The summed E-state index contributed by atoms with van der Waals surface area (Å²) in [4.78, 5) is 12.5. The Labute approximate surface area is 177 Å². The summed E-state index contributed by atoms with van der Waals surface area (Å²) in [7, 11) is 0. The number of hydrogen-bond donors (Lipinski definition) is 1. The van der Waals surface area contributed by atoms with E-state index in [4.69, 9.17) is 16.3 Å². The van der Waals surface area contributed by atoms with E-state index in [-0.39, 0.29) is 11.8 Å². The van der Waals surface area contributed by atoms with Gasteiger partial charge in [-0.05, 0) is 55.2 Å². The first-order valence-corrected chi connectivity index (χ1v) is 10.2. The molecule has 0 fully saturated rings. The molecule has 1 unspecified atom stereocenters. The van der Waals surface area contributed by atoms with Crippen molar-refractivity contribution >= 4 is 17.5 Å². The van der Waals surface area contributed by atoms with E-state index >= 15 is 0 Å². The standard InChI is InChI=1S/C25H26ClNO2/c1-18-17-22(26)13-14-24(18)29-19(2)25(28)27-16-15-23(20-9-5-3-6-10-20)21-11-7-4-8-12-21/h3-14,17,19,23H,15-16H2,1-2H3,(H,27,28). The Morgan fingerprint density at radius 1 is 0.966 bits per heavy atom. The first-order valence-electron chi connectivity index (χ1n) is 9.85. The maximum Gasteiger partial charge on any atom is 0.260 e. The van der Waals surface area contributed by atoms with Gasteiger partial charge in [-0.3, -0.25) is 4.79 Å². The highest BCUT2D eigenvalue weighted by molar-refractivity contribution is 6.30. The van der Waals surface area contributed by atoms with Crippen molar-refractivity contribution in [3.63, 3.8) is 0 Å². The molecule has 1 amide bonds. The number of hydrogen-bond acceptors (Lipinski definition) is 2. The third kappa shape index (κ3) is 5.85. The molecule has 0 heterocycles. The molecule has 0 aliphatic rings. The van der Waals surface area contributed by atoms with Crippen LogP contribution in [0.15, 0.2) is 78.9 Å². The molecule has 3 aromatic rings. The predicted molar refractivity (Wildman–Crippen MR) is 119 cm³/mol. The summed E-state index contributed by atoms with van der Waals surface area (Å²) in [5, 5.41) is 3.67. The molecule has 3 aromatic carbocycles. The van der Waals surface area contributed by atoms with Gasteiger partial charge in [0.1, 0.15) is 5.75 Å². The summed E-state index contributed by atoms with van der Waals surface area (Å²) in [6.45, 7) is 4.24. The first kappa shape index (κ1) is 20.9. The molecule has 4 heteroatoms. The highest BCUT2D eigenvalue weighted by Gasteiger charge is 2.18. The molecule has 1 N–H and O–H groups in total. The number of carbonyl (C=O) groups is 1. The van der Waals surface area contributed by atoms with E-state index in [0.29, 0.717) is 17.3 Å². The van der Waals surface area contributed by atoms with Crippen molar-refractivity contribution in [3.05, 3.63) is 101 Å². The van der Waals surface area contributed by atoms with Gasteiger partial charge < -0.3 is 10.1 Å². The number of nitrogens with one attached hydrogen (secondary N) is 1. The normalized spacial score (nSPS) is 11.9. The van der Waals surface area contributed by atoms with Gasteiger partial charge in [0.15, 0.2) is 6.10 Å². The van der Waals surface area contributed by atoms with Crippen molar-refractivity contribution < 1.29 is 9.53 Å². The van der Waals surface area contributed by atoms with E-state index in [1.807, 2.05) is 49.4 Å². The smallest absolute Gasteiger partial charge is 0.260 e. The Morgan fingerprint density at radius 3 is 2.10 bits per heavy atom. The lowest BCUT2D eigenvalue weighted by atomic mass is 9.88. The molecule has 0 bridgehead atoms. The third-order valence-electron chi connectivity index (χ3n) is 4.95. The molecule has 0 saturated heterocycles. The molecule has 0 aliphatic carbocycles. The van der Waals surface area contributed by atoms with Crippen LogP contribution < -0.4 is 10.1 Å². The minimum Gasteiger partial charge on any atom is -0.481 e. The fourth-order valence-corrected chi connectivity index (χ4v) is 3.60. The van der Waals surface area contributed by atoms with Crippen molar-refractivity contribution in [2.24, 2.45) is 0 Å². The molecule has 29 heavy (non-hydrogen) atoms. The van der Waals surface area contributed by atoms with E-state index in [2.05, 4.69) is 29.6 Å².